The topological polar surface area (TPSA) is 17.1 Å². The lowest BCUT2D eigenvalue weighted by atomic mass is 9.89. The second-order valence-corrected chi connectivity index (χ2v) is 4.40. The Bertz CT molecular complexity index is 248. The molecule has 0 N–H and O–H groups in total. The Kier molecular flexibility index (Phi) is 7.02. The Hall–Kier alpha value is -0.850. The quantitative estimate of drug-likeness (QED) is 0.599. The summed E-state index contributed by atoms with van der Waals surface area (Å²) in [5.41, 5.74) is 1.39. The maximum absolute atomic E-state index is 11.1. The molecule has 0 aromatic heterocycles. The molecule has 2 unspecified atom stereocenters. The highest BCUT2D eigenvalue weighted by Crippen LogP contribution is 2.20. The van der Waals surface area contributed by atoms with Gasteiger partial charge in [0.2, 0.25) is 0 Å². The Morgan fingerprint density at radius 2 is 1.80 bits per heavy atom. The van der Waals surface area contributed by atoms with Crippen LogP contribution in [0.5, 0.6) is 0 Å². The van der Waals surface area contributed by atoms with Gasteiger partial charge in [0.05, 0.1) is 0 Å². The van der Waals surface area contributed by atoms with Gasteiger partial charge in [-0.3, -0.25) is 4.79 Å². The molecule has 0 rings (SSSR count). The van der Waals surface area contributed by atoms with Gasteiger partial charge in [0.1, 0.15) is 5.78 Å². The zero-order valence-electron chi connectivity index (χ0n) is 10.7. The molecular formula is C14H24O. The molecule has 0 spiro atoms. The monoisotopic (exact) mass is 208 g/mol. The summed E-state index contributed by atoms with van der Waals surface area (Å²) in [6.07, 6.45) is 8.42. The second-order valence-electron chi connectivity index (χ2n) is 4.40. The predicted molar refractivity (Wildman–Crippen MR) is 66.8 cm³/mol. The molecule has 0 radical (unpaired) electrons. The molecule has 0 aromatic carbocycles. The van der Waals surface area contributed by atoms with Gasteiger partial charge >= 0.3 is 0 Å². The van der Waals surface area contributed by atoms with Gasteiger partial charge in [-0.1, -0.05) is 37.6 Å². The van der Waals surface area contributed by atoms with E-state index in [-0.39, 0.29) is 5.92 Å². The standard InChI is InChI=1S/C14H24O/c1-6-7-8-9-11(2)12(3)10-13(4)14(5)15/h6-7,9,12-13H,8,10H2,1-5H3. The fourth-order valence-corrected chi connectivity index (χ4v) is 1.47. The van der Waals surface area contributed by atoms with E-state index in [0.717, 1.165) is 12.8 Å². The first-order chi connectivity index (χ1) is 6.99. The molecule has 0 saturated carbocycles. The number of allylic oxidation sites excluding steroid dienone is 4. The maximum atomic E-state index is 11.1. The summed E-state index contributed by atoms with van der Waals surface area (Å²) in [4.78, 5) is 11.1. The normalized spacial score (nSPS) is 16.7. The molecule has 86 valence electrons. The third kappa shape index (κ3) is 6.27. The summed E-state index contributed by atoms with van der Waals surface area (Å²) in [6.45, 7) is 10.1. The molecular weight excluding hydrogens is 184 g/mol. The third-order valence-corrected chi connectivity index (χ3v) is 2.99. The molecule has 0 heterocycles. The van der Waals surface area contributed by atoms with Gasteiger partial charge in [-0.25, -0.2) is 0 Å². The lowest BCUT2D eigenvalue weighted by Gasteiger charge is -2.15. The molecule has 0 aliphatic rings. The van der Waals surface area contributed by atoms with Gasteiger partial charge in [-0.15, -0.1) is 0 Å². The van der Waals surface area contributed by atoms with E-state index < -0.39 is 0 Å². The Balaban J connectivity index is 4.13. The van der Waals surface area contributed by atoms with Crippen LogP contribution in [0.2, 0.25) is 0 Å². The summed E-state index contributed by atoms with van der Waals surface area (Å²) < 4.78 is 0. The van der Waals surface area contributed by atoms with Gasteiger partial charge < -0.3 is 0 Å². The number of rotatable bonds is 6. The van der Waals surface area contributed by atoms with Gasteiger partial charge in [-0.05, 0) is 39.5 Å². The first kappa shape index (κ1) is 14.2. The van der Waals surface area contributed by atoms with Crippen LogP contribution in [0.25, 0.3) is 0 Å². The lowest BCUT2D eigenvalue weighted by Crippen LogP contribution is -2.11. The molecule has 0 amide bonds. The van der Waals surface area contributed by atoms with Crippen molar-refractivity contribution in [2.45, 2.75) is 47.5 Å². The van der Waals surface area contributed by atoms with Crippen molar-refractivity contribution in [2.24, 2.45) is 11.8 Å². The van der Waals surface area contributed by atoms with Crippen LogP contribution in [0.3, 0.4) is 0 Å². The number of ketones is 1. The van der Waals surface area contributed by atoms with Gasteiger partial charge in [0.15, 0.2) is 0 Å². The minimum absolute atomic E-state index is 0.185. The van der Waals surface area contributed by atoms with E-state index in [4.69, 9.17) is 0 Å². The molecule has 0 aliphatic carbocycles. The van der Waals surface area contributed by atoms with Crippen LogP contribution in [0.15, 0.2) is 23.8 Å². The molecule has 0 aliphatic heterocycles. The van der Waals surface area contributed by atoms with Crippen LogP contribution in [-0.4, -0.2) is 5.78 Å². The first-order valence-electron chi connectivity index (χ1n) is 5.77. The molecule has 0 saturated heterocycles. The first-order valence-corrected chi connectivity index (χ1v) is 5.77. The van der Waals surface area contributed by atoms with Crippen LogP contribution in [0.4, 0.5) is 0 Å². The SMILES string of the molecule is CC=CCC=C(C)C(C)CC(C)C(C)=O. The summed E-state index contributed by atoms with van der Waals surface area (Å²) in [5, 5.41) is 0. The van der Waals surface area contributed by atoms with Crippen LogP contribution in [0, 0.1) is 11.8 Å². The van der Waals surface area contributed by atoms with Crippen molar-refractivity contribution in [1.29, 1.82) is 0 Å². The Labute approximate surface area is 94.3 Å². The second kappa shape index (κ2) is 7.44. The smallest absolute Gasteiger partial charge is 0.132 e. The minimum Gasteiger partial charge on any atom is -0.300 e. The van der Waals surface area contributed by atoms with E-state index in [0.29, 0.717) is 11.7 Å². The highest BCUT2D eigenvalue weighted by Gasteiger charge is 2.13. The third-order valence-electron chi connectivity index (χ3n) is 2.99. The van der Waals surface area contributed by atoms with Crippen LogP contribution in [0.1, 0.15) is 47.5 Å². The number of carbonyl (C=O) groups excluding carboxylic acids is 1. The summed E-state index contributed by atoms with van der Waals surface area (Å²) >= 11 is 0. The van der Waals surface area contributed by atoms with E-state index >= 15 is 0 Å². The Morgan fingerprint density at radius 3 is 2.27 bits per heavy atom. The summed E-state index contributed by atoms with van der Waals surface area (Å²) in [5.74, 6) is 0.988. The lowest BCUT2D eigenvalue weighted by molar-refractivity contribution is -0.120. The predicted octanol–water partition coefficient (Wildman–Crippen LogP) is 4.15. The van der Waals surface area contributed by atoms with Crippen molar-refractivity contribution in [1.82, 2.24) is 0 Å². The van der Waals surface area contributed by atoms with E-state index in [1.807, 2.05) is 13.8 Å². The average Bonchev–Trinajstić information content (AvgIpc) is 2.17. The van der Waals surface area contributed by atoms with Crippen LogP contribution >= 0.6 is 0 Å². The number of hydrogen-bond acceptors (Lipinski definition) is 1. The van der Waals surface area contributed by atoms with E-state index in [9.17, 15) is 4.79 Å². The minimum atomic E-state index is 0.185. The van der Waals surface area contributed by atoms with Crippen molar-refractivity contribution in [3.63, 3.8) is 0 Å². The summed E-state index contributed by atoms with van der Waals surface area (Å²) in [6, 6.07) is 0. The van der Waals surface area contributed by atoms with Crippen molar-refractivity contribution < 1.29 is 4.79 Å². The largest absolute Gasteiger partial charge is 0.300 e. The molecule has 2 atom stereocenters. The molecule has 0 aromatic rings. The van der Waals surface area contributed by atoms with Gasteiger partial charge in [0.25, 0.3) is 0 Å². The van der Waals surface area contributed by atoms with Gasteiger partial charge in [-0.2, -0.15) is 0 Å². The van der Waals surface area contributed by atoms with Crippen molar-refractivity contribution in [3.05, 3.63) is 23.8 Å². The fourth-order valence-electron chi connectivity index (χ4n) is 1.47. The molecule has 0 bridgehead atoms. The van der Waals surface area contributed by atoms with Crippen molar-refractivity contribution in [3.8, 4) is 0 Å². The molecule has 1 heteroatoms. The molecule has 15 heavy (non-hydrogen) atoms. The average molecular weight is 208 g/mol. The number of carbonyl (C=O) groups is 1. The van der Waals surface area contributed by atoms with E-state index in [1.54, 1.807) is 6.92 Å². The van der Waals surface area contributed by atoms with Crippen LogP contribution in [-0.2, 0) is 4.79 Å². The fraction of sp³-hybridized carbons (Fsp3) is 0.643. The number of Topliss-reactive ketones (excluding diaryl/α,β-unsaturated/α-hetero) is 1. The molecule has 1 nitrogen and oxygen atoms in total. The number of hydrogen-bond donors (Lipinski definition) is 0. The summed E-state index contributed by atoms with van der Waals surface area (Å²) in [7, 11) is 0. The van der Waals surface area contributed by atoms with E-state index in [1.165, 1.54) is 5.57 Å². The highest BCUT2D eigenvalue weighted by molar-refractivity contribution is 5.77. The zero-order chi connectivity index (χ0) is 11.8. The maximum Gasteiger partial charge on any atom is 0.132 e. The van der Waals surface area contributed by atoms with Crippen molar-refractivity contribution in [2.75, 3.05) is 0 Å². The van der Waals surface area contributed by atoms with Crippen molar-refractivity contribution >= 4 is 5.78 Å². The highest BCUT2D eigenvalue weighted by atomic mass is 16.1. The Morgan fingerprint density at radius 1 is 1.20 bits per heavy atom. The van der Waals surface area contributed by atoms with Crippen LogP contribution < -0.4 is 0 Å². The zero-order valence-corrected chi connectivity index (χ0v) is 10.7. The molecule has 0 fully saturated rings. The van der Waals surface area contributed by atoms with Gasteiger partial charge in [0, 0.05) is 5.92 Å². The van der Waals surface area contributed by atoms with E-state index in [2.05, 4.69) is 32.1 Å².